The summed E-state index contributed by atoms with van der Waals surface area (Å²) in [5.74, 6) is 0.917. The topological polar surface area (TPSA) is 79.8 Å². The number of nitrogens with one attached hydrogen (secondary N) is 1. The van der Waals surface area contributed by atoms with Gasteiger partial charge in [-0.25, -0.2) is 4.98 Å². The van der Waals surface area contributed by atoms with Gasteiger partial charge in [0.2, 0.25) is 0 Å². The van der Waals surface area contributed by atoms with Gasteiger partial charge in [0, 0.05) is 12.2 Å². The van der Waals surface area contributed by atoms with Crippen LogP contribution in [-0.2, 0) is 11.3 Å². The lowest BCUT2D eigenvalue weighted by molar-refractivity contribution is -0.123. The molecule has 160 valence electrons. The molecule has 1 aliphatic heterocycles. The molecule has 4 rings (SSSR count). The summed E-state index contributed by atoms with van der Waals surface area (Å²) in [5.41, 5.74) is 1.47. The van der Waals surface area contributed by atoms with Gasteiger partial charge in [-0.3, -0.25) is 18.9 Å². The van der Waals surface area contributed by atoms with Crippen LogP contribution in [0, 0.1) is 6.92 Å². The Kier molecular flexibility index (Phi) is 5.97. The van der Waals surface area contributed by atoms with Gasteiger partial charge in [0.05, 0.1) is 23.3 Å². The number of fused-ring (bicyclic) bond motifs is 1. The molecule has 31 heavy (non-hydrogen) atoms. The van der Waals surface area contributed by atoms with Gasteiger partial charge in [0.25, 0.3) is 11.5 Å². The number of amides is 1. The van der Waals surface area contributed by atoms with E-state index >= 15 is 0 Å². The molecule has 0 radical (unpaired) electrons. The van der Waals surface area contributed by atoms with Crippen LogP contribution in [0.3, 0.4) is 0 Å². The quantitative estimate of drug-likeness (QED) is 0.441. The van der Waals surface area contributed by atoms with E-state index < -0.39 is 0 Å². The number of carbonyl (C=O) groups is 1. The highest BCUT2D eigenvalue weighted by molar-refractivity contribution is 8.26. The SMILES string of the molecule is CCC(C)N1C(=O)C(=Cc2c(NCc3ccco3)nc3c(C)cccn3c2=O)SC1=S. The van der Waals surface area contributed by atoms with Crippen LogP contribution >= 0.6 is 24.0 Å². The first-order valence-electron chi connectivity index (χ1n) is 9.96. The monoisotopic (exact) mass is 454 g/mol. The number of aromatic nitrogens is 2. The van der Waals surface area contributed by atoms with Gasteiger partial charge in [-0.15, -0.1) is 0 Å². The van der Waals surface area contributed by atoms with Crippen molar-refractivity contribution in [3.8, 4) is 0 Å². The van der Waals surface area contributed by atoms with Gasteiger partial charge >= 0.3 is 0 Å². The fourth-order valence-electron chi connectivity index (χ4n) is 3.33. The van der Waals surface area contributed by atoms with Crippen molar-refractivity contribution in [2.75, 3.05) is 5.32 Å². The van der Waals surface area contributed by atoms with E-state index in [-0.39, 0.29) is 17.5 Å². The van der Waals surface area contributed by atoms with E-state index in [1.54, 1.807) is 35.6 Å². The first-order valence-corrected chi connectivity index (χ1v) is 11.2. The van der Waals surface area contributed by atoms with E-state index in [9.17, 15) is 9.59 Å². The van der Waals surface area contributed by atoms with E-state index in [0.29, 0.717) is 38.6 Å². The lowest BCUT2D eigenvalue weighted by atomic mass is 10.2. The molecule has 1 saturated heterocycles. The summed E-state index contributed by atoms with van der Waals surface area (Å²) >= 11 is 6.63. The summed E-state index contributed by atoms with van der Waals surface area (Å²) in [5, 5.41) is 3.19. The van der Waals surface area contributed by atoms with Crippen molar-refractivity contribution in [2.45, 2.75) is 39.8 Å². The number of rotatable bonds is 6. The second-order valence-corrected chi connectivity index (χ2v) is 8.98. The lowest BCUT2D eigenvalue weighted by Crippen LogP contribution is -2.36. The molecule has 3 aromatic rings. The number of pyridine rings is 1. The summed E-state index contributed by atoms with van der Waals surface area (Å²) in [7, 11) is 0. The number of nitrogens with zero attached hydrogens (tertiary/aromatic N) is 3. The van der Waals surface area contributed by atoms with Crippen molar-refractivity contribution in [2.24, 2.45) is 0 Å². The van der Waals surface area contributed by atoms with Crippen LogP contribution in [-0.4, -0.2) is 30.6 Å². The first-order chi connectivity index (χ1) is 14.9. The van der Waals surface area contributed by atoms with E-state index in [0.717, 1.165) is 12.0 Å². The van der Waals surface area contributed by atoms with Crippen LogP contribution in [0.2, 0.25) is 0 Å². The Morgan fingerprint density at radius 2 is 2.13 bits per heavy atom. The standard InChI is InChI=1S/C22H22N4O3S2/c1-4-14(3)26-21(28)17(31-22(26)30)11-16-18(23-12-15-8-6-10-29-15)24-19-13(2)7-5-9-25(19)20(16)27/h5-11,14,23H,4,12H2,1-3H3. The zero-order valence-corrected chi connectivity index (χ0v) is 19.0. The Morgan fingerprint density at radius 3 is 2.84 bits per heavy atom. The molecule has 4 heterocycles. The third-order valence-electron chi connectivity index (χ3n) is 5.23. The van der Waals surface area contributed by atoms with E-state index in [4.69, 9.17) is 21.6 Å². The average Bonchev–Trinajstić information content (AvgIpc) is 3.37. The zero-order valence-electron chi connectivity index (χ0n) is 17.4. The highest BCUT2D eigenvalue weighted by Crippen LogP contribution is 2.35. The highest BCUT2D eigenvalue weighted by Gasteiger charge is 2.35. The van der Waals surface area contributed by atoms with Crippen LogP contribution in [0.25, 0.3) is 11.7 Å². The van der Waals surface area contributed by atoms with Gasteiger partial charge in [-0.2, -0.15) is 0 Å². The van der Waals surface area contributed by atoms with Gasteiger partial charge in [-0.1, -0.05) is 37.0 Å². The molecule has 0 spiro atoms. The number of hydrogen-bond acceptors (Lipinski definition) is 7. The highest BCUT2D eigenvalue weighted by atomic mass is 32.2. The number of anilines is 1. The minimum Gasteiger partial charge on any atom is -0.467 e. The zero-order chi connectivity index (χ0) is 22.1. The second kappa shape index (κ2) is 8.68. The molecule has 1 aliphatic rings. The van der Waals surface area contributed by atoms with Crippen LogP contribution < -0.4 is 10.9 Å². The Hall–Kier alpha value is -2.91. The predicted octanol–water partition coefficient (Wildman–Crippen LogP) is 4.21. The van der Waals surface area contributed by atoms with Crippen LogP contribution in [0.1, 0.15) is 37.2 Å². The molecule has 1 amide bonds. The molecule has 1 N–H and O–H groups in total. The maximum absolute atomic E-state index is 13.4. The molecular formula is C22H22N4O3S2. The molecule has 1 unspecified atom stereocenters. The van der Waals surface area contributed by atoms with Crippen LogP contribution in [0.5, 0.6) is 0 Å². The number of aryl methyl sites for hydroxylation is 1. The summed E-state index contributed by atoms with van der Waals surface area (Å²) in [4.78, 5) is 33.1. The second-order valence-electron chi connectivity index (χ2n) is 7.31. The van der Waals surface area contributed by atoms with Crippen molar-refractivity contribution in [3.63, 3.8) is 0 Å². The van der Waals surface area contributed by atoms with Crippen molar-refractivity contribution in [1.82, 2.24) is 14.3 Å². The molecule has 0 aliphatic carbocycles. The van der Waals surface area contributed by atoms with Crippen LogP contribution in [0.15, 0.2) is 50.8 Å². The maximum Gasteiger partial charge on any atom is 0.267 e. The molecule has 0 saturated carbocycles. The minimum atomic E-state index is -0.260. The molecule has 3 aromatic heterocycles. The summed E-state index contributed by atoms with van der Waals surface area (Å²) in [6, 6.07) is 7.32. The largest absolute Gasteiger partial charge is 0.467 e. The summed E-state index contributed by atoms with van der Waals surface area (Å²) in [6.45, 7) is 6.22. The Balaban J connectivity index is 1.82. The molecule has 0 bridgehead atoms. The van der Waals surface area contributed by atoms with Crippen molar-refractivity contribution >= 4 is 51.7 Å². The average molecular weight is 455 g/mol. The molecule has 1 atom stereocenters. The first kappa shape index (κ1) is 21.3. The normalized spacial score (nSPS) is 16.5. The molecular weight excluding hydrogens is 432 g/mol. The van der Waals surface area contributed by atoms with Crippen molar-refractivity contribution in [3.05, 3.63) is 68.9 Å². The minimum absolute atomic E-state index is 0.00609. The molecule has 0 aromatic carbocycles. The summed E-state index contributed by atoms with van der Waals surface area (Å²) in [6.07, 6.45) is 5.64. The van der Waals surface area contributed by atoms with Gasteiger partial charge in [0.1, 0.15) is 21.5 Å². The van der Waals surface area contributed by atoms with Crippen LogP contribution in [0.4, 0.5) is 5.82 Å². The summed E-state index contributed by atoms with van der Waals surface area (Å²) < 4.78 is 7.38. The molecule has 9 heteroatoms. The van der Waals surface area contributed by atoms with E-state index in [1.165, 1.54) is 16.2 Å². The number of thiocarbonyl (C=S) groups is 1. The Labute approximate surface area is 189 Å². The Morgan fingerprint density at radius 1 is 1.32 bits per heavy atom. The van der Waals surface area contributed by atoms with Gasteiger partial charge < -0.3 is 9.73 Å². The third-order valence-corrected chi connectivity index (χ3v) is 6.56. The van der Waals surface area contributed by atoms with E-state index in [2.05, 4.69) is 5.32 Å². The van der Waals surface area contributed by atoms with Gasteiger partial charge in [0.15, 0.2) is 0 Å². The molecule has 1 fully saturated rings. The number of carbonyl (C=O) groups excluding carboxylic acids is 1. The Bertz CT molecular complexity index is 1250. The number of hydrogen-bond donors (Lipinski definition) is 1. The third kappa shape index (κ3) is 4.03. The fourth-order valence-corrected chi connectivity index (χ4v) is 4.78. The van der Waals surface area contributed by atoms with Crippen molar-refractivity contribution < 1.29 is 9.21 Å². The molecule has 7 nitrogen and oxygen atoms in total. The fraction of sp³-hybridized carbons (Fsp3) is 0.273. The number of furan rings is 1. The van der Waals surface area contributed by atoms with E-state index in [1.807, 2.05) is 32.9 Å². The smallest absolute Gasteiger partial charge is 0.267 e. The predicted molar refractivity (Wildman–Crippen MR) is 127 cm³/mol. The number of thioether (sulfide) groups is 1. The maximum atomic E-state index is 13.4. The van der Waals surface area contributed by atoms with Crippen molar-refractivity contribution in [1.29, 1.82) is 0 Å². The lowest BCUT2D eigenvalue weighted by Gasteiger charge is -2.21. The van der Waals surface area contributed by atoms with Gasteiger partial charge in [-0.05, 0) is 50.1 Å².